The Morgan fingerprint density at radius 2 is 2.10 bits per heavy atom. The molecule has 2 N–H and O–H groups in total. The molecule has 1 fully saturated rings. The van der Waals surface area contributed by atoms with Crippen LogP contribution in [-0.4, -0.2) is 28.3 Å². The molecule has 0 bridgehead atoms. The monoisotopic (exact) mass is 272 g/mol. The molecule has 1 aliphatic rings. The molecule has 0 aliphatic carbocycles. The van der Waals surface area contributed by atoms with Gasteiger partial charge in [0.2, 0.25) is 0 Å². The Labute approximate surface area is 118 Å². The summed E-state index contributed by atoms with van der Waals surface area (Å²) in [6.07, 6.45) is 4.36. The number of piperidine rings is 1. The number of para-hydroxylation sites is 1. The summed E-state index contributed by atoms with van der Waals surface area (Å²) < 4.78 is 5.66. The lowest BCUT2D eigenvalue weighted by Gasteiger charge is -2.20. The topological polar surface area (TPSA) is 62.8 Å². The van der Waals surface area contributed by atoms with E-state index in [9.17, 15) is 0 Å². The Morgan fingerprint density at radius 1 is 1.20 bits per heavy atom. The molecule has 0 saturated carbocycles. The summed E-state index contributed by atoms with van der Waals surface area (Å²) in [5.41, 5.74) is 0. The van der Waals surface area contributed by atoms with Crippen molar-refractivity contribution in [3.05, 3.63) is 42.0 Å². The molecular formula is C15H20N4O. The average molecular weight is 272 g/mol. The predicted octanol–water partition coefficient (Wildman–Crippen LogP) is 2.24. The molecule has 0 amide bonds. The highest BCUT2D eigenvalue weighted by atomic mass is 16.5. The maximum atomic E-state index is 5.66. The second-order valence-electron chi connectivity index (χ2n) is 5.05. The summed E-state index contributed by atoms with van der Waals surface area (Å²) >= 11 is 0. The van der Waals surface area contributed by atoms with Crippen molar-refractivity contribution in [1.29, 1.82) is 0 Å². The first-order valence-corrected chi connectivity index (χ1v) is 7.24. The zero-order valence-corrected chi connectivity index (χ0v) is 11.5. The fourth-order valence-corrected chi connectivity index (χ4v) is 2.43. The van der Waals surface area contributed by atoms with Crippen LogP contribution in [0, 0.1) is 0 Å². The normalized spacial score (nSPS) is 18.9. The van der Waals surface area contributed by atoms with Crippen LogP contribution in [0.2, 0.25) is 0 Å². The van der Waals surface area contributed by atoms with E-state index in [1.165, 1.54) is 12.8 Å². The van der Waals surface area contributed by atoms with Crippen LogP contribution in [0.1, 0.15) is 37.0 Å². The van der Waals surface area contributed by atoms with Crippen LogP contribution in [0.5, 0.6) is 5.75 Å². The second-order valence-corrected chi connectivity index (χ2v) is 5.05. The van der Waals surface area contributed by atoms with Gasteiger partial charge in [0.15, 0.2) is 5.82 Å². The van der Waals surface area contributed by atoms with Crippen LogP contribution < -0.4 is 10.1 Å². The van der Waals surface area contributed by atoms with Crippen molar-refractivity contribution in [2.75, 3.05) is 13.2 Å². The second kappa shape index (κ2) is 6.52. The summed E-state index contributed by atoms with van der Waals surface area (Å²) in [7, 11) is 0. The maximum Gasteiger partial charge on any atom is 0.167 e. The molecule has 1 aromatic heterocycles. The van der Waals surface area contributed by atoms with E-state index in [4.69, 9.17) is 4.74 Å². The van der Waals surface area contributed by atoms with E-state index in [0.29, 0.717) is 12.6 Å². The number of hydrogen-bond acceptors (Lipinski definition) is 4. The number of nitrogens with zero attached hydrogens (tertiary/aromatic N) is 2. The van der Waals surface area contributed by atoms with E-state index in [2.05, 4.69) is 20.5 Å². The summed E-state index contributed by atoms with van der Waals surface area (Å²) in [6, 6.07) is 10.1. The number of benzene rings is 1. The van der Waals surface area contributed by atoms with Crippen LogP contribution >= 0.6 is 0 Å². The lowest BCUT2D eigenvalue weighted by molar-refractivity contribution is 0.319. The van der Waals surface area contributed by atoms with Crippen LogP contribution in [0.4, 0.5) is 0 Å². The largest absolute Gasteiger partial charge is 0.493 e. The molecule has 0 radical (unpaired) electrons. The number of aromatic nitrogens is 3. The van der Waals surface area contributed by atoms with Crippen molar-refractivity contribution >= 4 is 0 Å². The molecule has 5 heteroatoms. The molecule has 2 aromatic rings. The summed E-state index contributed by atoms with van der Waals surface area (Å²) in [5.74, 6) is 2.67. The third kappa shape index (κ3) is 3.36. The van der Waals surface area contributed by atoms with Gasteiger partial charge in [-0.25, -0.2) is 4.98 Å². The molecule has 1 unspecified atom stereocenters. The van der Waals surface area contributed by atoms with Gasteiger partial charge in [-0.2, -0.15) is 5.10 Å². The Kier molecular flexibility index (Phi) is 4.28. The third-order valence-corrected chi connectivity index (χ3v) is 3.52. The zero-order valence-electron chi connectivity index (χ0n) is 11.5. The highest BCUT2D eigenvalue weighted by Gasteiger charge is 2.18. The first kappa shape index (κ1) is 13.1. The van der Waals surface area contributed by atoms with E-state index in [-0.39, 0.29) is 0 Å². The van der Waals surface area contributed by atoms with Gasteiger partial charge in [0.1, 0.15) is 11.6 Å². The van der Waals surface area contributed by atoms with Crippen molar-refractivity contribution in [1.82, 2.24) is 20.5 Å². The Bertz CT molecular complexity index is 520. The highest BCUT2D eigenvalue weighted by Crippen LogP contribution is 2.19. The number of nitrogens with one attached hydrogen (secondary N) is 2. The SMILES string of the molecule is c1ccc(OCCc2nc(C3CCCCN3)n[nH]2)cc1. The van der Waals surface area contributed by atoms with Gasteiger partial charge in [0.05, 0.1) is 12.6 Å². The quantitative estimate of drug-likeness (QED) is 0.876. The van der Waals surface area contributed by atoms with E-state index < -0.39 is 0 Å². The molecule has 20 heavy (non-hydrogen) atoms. The minimum atomic E-state index is 0.309. The molecule has 1 aliphatic heterocycles. The first-order valence-electron chi connectivity index (χ1n) is 7.24. The average Bonchev–Trinajstić information content (AvgIpc) is 2.98. The lowest BCUT2D eigenvalue weighted by Crippen LogP contribution is -2.27. The first-order chi connectivity index (χ1) is 9.92. The molecule has 2 heterocycles. The zero-order chi connectivity index (χ0) is 13.6. The van der Waals surface area contributed by atoms with Crippen molar-refractivity contribution in [3.63, 3.8) is 0 Å². The van der Waals surface area contributed by atoms with Gasteiger partial charge in [-0.15, -0.1) is 0 Å². The molecule has 106 valence electrons. The smallest absolute Gasteiger partial charge is 0.167 e. The van der Waals surface area contributed by atoms with Gasteiger partial charge in [-0.05, 0) is 31.5 Å². The summed E-state index contributed by atoms with van der Waals surface area (Å²) in [5, 5.41) is 10.8. The van der Waals surface area contributed by atoms with E-state index >= 15 is 0 Å². The van der Waals surface area contributed by atoms with Crippen LogP contribution in [0.25, 0.3) is 0 Å². The molecular weight excluding hydrogens is 252 g/mol. The summed E-state index contributed by atoms with van der Waals surface area (Å²) in [4.78, 5) is 4.56. The fourth-order valence-electron chi connectivity index (χ4n) is 2.43. The number of ether oxygens (including phenoxy) is 1. The third-order valence-electron chi connectivity index (χ3n) is 3.52. The van der Waals surface area contributed by atoms with Crippen molar-refractivity contribution in [3.8, 4) is 5.75 Å². The highest BCUT2D eigenvalue weighted by molar-refractivity contribution is 5.20. The van der Waals surface area contributed by atoms with Gasteiger partial charge in [-0.3, -0.25) is 5.10 Å². The number of aromatic amines is 1. The van der Waals surface area contributed by atoms with Crippen molar-refractivity contribution < 1.29 is 4.74 Å². The van der Waals surface area contributed by atoms with Crippen LogP contribution in [-0.2, 0) is 6.42 Å². The van der Waals surface area contributed by atoms with Gasteiger partial charge >= 0.3 is 0 Å². The number of H-pyrrole nitrogens is 1. The fraction of sp³-hybridized carbons (Fsp3) is 0.467. The molecule has 0 spiro atoms. The van der Waals surface area contributed by atoms with Crippen LogP contribution in [0.15, 0.2) is 30.3 Å². The molecule has 1 saturated heterocycles. The molecule has 3 rings (SSSR count). The standard InChI is InChI=1S/C15H20N4O/c1-2-6-12(7-3-1)20-11-9-14-17-15(19-18-14)13-8-4-5-10-16-13/h1-3,6-7,13,16H,4-5,8-11H2,(H,17,18,19). The van der Waals surface area contributed by atoms with Gasteiger partial charge in [0, 0.05) is 6.42 Å². The number of rotatable bonds is 5. The molecule has 5 nitrogen and oxygen atoms in total. The van der Waals surface area contributed by atoms with Gasteiger partial charge < -0.3 is 10.1 Å². The van der Waals surface area contributed by atoms with E-state index in [1.54, 1.807) is 0 Å². The van der Waals surface area contributed by atoms with Crippen molar-refractivity contribution in [2.24, 2.45) is 0 Å². The van der Waals surface area contributed by atoms with E-state index in [1.807, 2.05) is 30.3 Å². The minimum absolute atomic E-state index is 0.309. The Balaban J connectivity index is 1.50. The van der Waals surface area contributed by atoms with E-state index in [0.717, 1.165) is 36.8 Å². The molecule has 1 aromatic carbocycles. The number of hydrogen-bond donors (Lipinski definition) is 2. The van der Waals surface area contributed by atoms with Crippen molar-refractivity contribution in [2.45, 2.75) is 31.7 Å². The van der Waals surface area contributed by atoms with Gasteiger partial charge in [-0.1, -0.05) is 24.6 Å². The Hall–Kier alpha value is -1.88. The Morgan fingerprint density at radius 3 is 2.90 bits per heavy atom. The summed E-state index contributed by atoms with van der Waals surface area (Å²) in [6.45, 7) is 1.67. The predicted molar refractivity (Wildman–Crippen MR) is 76.6 cm³/mol. The minimum Gasteiger partial charge on any atom is -0.493 e. The molecule has 1 atom stereocenters. The maximum absolute atomic E-state index is 5.66. The van der Waals surface area contributed by atoms with Crippen LogP contribution in [0.3, 0.4) is 0 Å². The lowest BCUT2D eigenvalue weighted by atomic mass is 10.0. The van der Waals surface area contributed by atoms with Gasteiger partial charge in [0.25, 0.3) is 0 Å².